The van der Waals surface area contributed by atoms with Crippen LogP contribution in [0.4, 0.5) is 0 Å². The van der Waals surface area contributed by atoms with Crippen LogP contribution in [-0.4, -0.2) is 24.9 Å². The van der Waals surface area contributed by atoms with Gasteiger partial charge >= 0.3 is 0 Å². The molecule has 0 aromatic carbocycles. The molecule has 4 aliphatic rings. The largest absolute Gasteiger partial charge is 0.318 e. The lowest BCUT2D eigenvalue weighted by molar-refractivity contribution is 0.0986. The van der Waals surface area contributed by atoms with Gasteiger partial charge in [0.05, 0.1) is 0 Å². The van der Waals surface area contributed by atoms with Crippen LogP contribution in [0.3, 0.4) is 0 Å². The highest BCUT2D eigenvalue weighted by molar-refractivity contribution is 6.73. The maximum absolute atomic E-state index is 3.17. The van der Waals surface area contributed by atoms with Crippen LogP contribution < -0.4 is 0 Å². The summed E-state index contributed by atoms with van der Waals surface area (Å²) in [7, 11) is -1.25. The Balaban J connectivity index is 1.65. The Bertz CT molecular complexity index is 473. The van der Waals surface area contributed by atoms with Crippen molar-refractivity contribution in [3.63, 3.8) is 0 Å². The smallest absolute Gasteiger partial charge is 0.119 e. The van der Waals surface area contributed by atoms with Crippen LogP contribution in [0.25, 0.3) is 0 Å². The number of hydrogen-bond acceptors (Lipinski definition) is 1. The van der Waals surface area contributed by atoms with Gasteiger partial charge in [-0.2, -0.15) is 0 Å². The van der Waals surface area contributed by atoms with E-state index >= 15 is 0 Å². The van der Waals surface area contributed by atoms with E-state index in [0.29, 0.717) is 5.41 Å². The molecule has 1 nitrogen and oxygen atoms in total. The number of rotatable bonds is 1. The number of hydrogen-bond donors (Lipinski definition) is 0. The van der Waals surface area contributed by atoms with E-state index in [2.05, 4.69) is 51.4 Å². The first-order valence-corrected chi connectivity index (χ1v) is 14.3. The van der Waals surface area contributed by atoms with E-state index in [-0.39, 0.29) is 0 Å². The highest BCUT2D eigenvalue weighted by Crippen LogP contribution is 2.60. The summed E-state index contributed by atoms with van der Waals surface area (Å²) in [4.78, 5) is 0. The molecular formula is C22H40NSi. The minimum atomic E-state index is -1.25. The zero-order valence-electron chi connectivity index (χ0n) is 17.0. The van der Waals surface area contributed by atoms with Crippen molar-refractivity contribution in [3.05, 3.63) is 6.42 Å². The predicted molar refractivity (Wildman–Crippen MR) is 106 cm³/mol. The summed E-state index contributed by atoms with van der Waals surface area (Å²) in [5.41, 5.74) is 0.498. The summed E-state index contributed by atoms with van der Waals surface area (Å²) in [6.07, 6.45) is 13.4. The summed E-state index contributed by atoms with van der Waals surface area (Å²) in [5.74, 6) is 4.82. The average molecular weight is 347 g/mol. The summed E-state index contributed by atoms with van der Waals surface area (Å²) in [6.45, 7) is 15.3. The molecule has 3 aliphatic carbocycles. The SMILES string of the molecule is CC(C)(C)C1CCC2C(C1)C1[CH]C3CCCCC3C1N2[Si](C)(C)C. The van der Waals surface area contributed by atoms with Gasteiger partial charge in [0, 0.05) is 12.1 Å². The Hall–Kier alpha value is 0.177. The highest BCUT2D eigenvalue weighted by atomic mass is 28.3. The van der Waals surface area contributed by atoms with Gasteiger partial charge in [-0.1, -0.05) is 53.3 Å². The molecule has 0 spiro atoms. The van der Waals surface area contributed by atoms with Gasteiger partial charge < -0.3 is 4.57 Å². The van der Waals surface area contributed by atoms with Crippen LogP contribution in [0.1, 0.15) is 65.7 Å². The van der Waals surface area contributed by atoms with Crippen molar-refractivity contribution in [3.8, 4) is 0 Å². The molecule has 2 heteroatoms. The van der Waals surface area contributed by atoms with E-state index < -0.39 is 8.24 Å². The monoisotopic (exact) mass is 346 g/mol. The molecule has 7 atom stereocenters. The molecule has 0 amide bonds. The van der Waals surface area contributed by atoms with E-state index in [0.717, 1.165) is 41.7 Å². The van der Waals surface area contributed by atoms with Crippen molar-refractivity contribution in [2.75, 3.05) is 0 Å². The number of fused-ring (bicyclic) bond motifs is 5. The molecule has 24 heavy (non-hydrogen) atoms. The number of nitrogens with zero attached hydrogens (tertiary/aromatic N) is 1. The third kappa shape index (κ3) is 2.75. The Kier molecular flexibility index (Phi) is 4.28. The van der Waals surface area contributed by atoms with Crippen molar-refractivity contribution in [2.24, 2.45) is 35.0 Å². The topological polar surface area (TPSA) is 3.24 Å². The van der Waals surface area contributed by atoms with Crippen molar-refractivity contribution >= 4 is 8.24 Å². The lowest BCUT2D eigenvalue weighted by Crippen LogP contribution is -2.56. The molecule has 1 heterocycles. The van der Waals surface area contributed by atoms with E-state index in [1.807, 2.05) is 0 Å². The molecule has 1 aliphatic heterocycles. The van der Waals surface area contributed by atoms with Crippen molar-refractivity contribution in [1.29, 1.82) is 0 Å². The molecule has 1 saturated heterocycles. The molecule has 1 radical (unpaired) electrons. The van der Waals surface area contributed by atoms with Crippen LogP contribution in [0.15, 0.2) is 0 Å². The van der Waals surface area contributed by atoms with Gasteiger partial charge in [-0.15, -0.1) is 0 Å². The summed E-state index contributed by atoms with van der Waals surface area (Å²) >= 11 is 0. The fraction of sp³-hybridized carbons (Fsp3) is 0.955. The van der Waals surface area contributed by atoms with Gasteiger partial charge in [0.15, 0.2) is 0 Å². The maximum atomic E-state index is 3.17. The Morgan fingerprint density at radius 2 is 1.62 bits per heavy atom. The Labute approximate surface area is 152 Å². The standard InChI is InChI=1S/C22H40NSi/c1-22(2,3)16-11-12-20-18(14-16)19-13-15-9-7-8-10-17(15)21(19)23(20)24(4,5)6/h13,15-21H,7-12,14H2,1-6H3. The second-order valence-electron chi connectivity index (χ2n) is 11.6. The lowest BCUT2D eigenvalue weighted by atomic mass is 9.65. The van der Waals surface area contributed by atoms with Gasteiger partial charge in [0.2, 0.25) is 0 Å². The third-order valence-electron chi connectivity index (χ3n) is 8.21. The van der Waals surface area contributed by atoms with Crippen LogP contribution in [0.5, 0.6) is 0 Å². The fourth-order valence-corrected chi connectivity index (χ4v) is 9.80. The van der Waals surface area contributed by atoms with Crippen molar-refractivity contribution in [2.45, 2.75) is 97.4 Å². The van der Waals surface area contributed by atoms with Crippen LogP contribution in [0.2, 0.25) is 19.6 Å². The first kappa shape index (κ1) is 17.6. The van der Waals surface area contributed by atoms with Gasteiger partial charge in [0.1, 0.15) is 8.24 Å². The molecule has 0 N–H and O–H groups in total. The molecule has 4 fully saturated rings. The van der Waals surface area contributed by atoms with E-state index in [1.54, 1.807) is 0 Å². The molecule has 4 rings (SSSR count). The van der Waals surface area contributed by atoms with Crippen LogP contribution in [-0.2, 0) is 0 Å². The second kappa shape index (κ2) is 5.84. The van der Waals surface area contributed by atoms with Crippen molar-refractivity contribution < 1.29 is 0 Å². The van der Waals surface area contributed by atoms with Gasteiger partial charge in [-0.05, 0) is 73.5 Å². The molecular weight excluding hydrogens is 306 g/mol. The molecule has 7 unspecified atom stereocenters. The molecule has 3 saturated carbocycles. The first-order chi connectivity index (χ1) is 11.2. The summed E-state index contributed by atoms with van der Waals surface area (Å²) < 4.78 is 3.17. The highest BCUT2D eigenvalue weighted by Gasteiger charge is 2.60. The van der Waals surface area contributed by atoms with Gasteiger partial charge in [-0.3, -0.25) is 0 Å². The quantitative estimate of drug-likeness (QED) is 0.528. The average Bonchev–Trinajstić information content (AvgIpc) is 2.99. The summed E-state index contributed by atoms with van der Waals surface area (Å²) in [6, 6.07) is 1.85. The second-order valence-corrected chi connectivity index (χ2v) is 16.4. The van der Waals surface area contributed by atoms with E-state index in [4.69, 9.17) is 0 Å². The molecule has 0 aromatic rings. The summed E-state index contributed by atoms with van der Waals surface area (Å²) in [5, 5.41) is 0. The van der Waals surface area contributed by atoms with Gasteiger partial charge in [0.25, 0.3) is 0 Å². The maximum Gasteiger partial charge on any atom is 0.119 e. The molecule has 0 bridgehead atoms. The lowest BCUT2D eigenvalue weighted by Gasteiger charge is -2.47. The first-order valence-electron chi connectivity index (χ1n) is 10.8. The normalized spacial score (nSPS) is 46.5. The minimum absolute atomic E-state index is 0.498. The van der Waals surface area contributed by atoms with E-state index in [1.165, 1.54) is 44.9 Å². The predicted octanol–water partition coefficient (Wildman–Crippen LogP) is 5.98. The zero-order valence-corrected chi connectivity index (χ0v) is 18.0. The Morgan fingerprint density at radius 3 is 2.29 bits per heavy atom. The van der Waals surface area contributed by atoms with Gasteiger partial charge in [-0.25, -0.2) is 0 Å². The minimum Gasteiger partial charge on any atom is -0.318 e. The van der Waals surface area contributed by atoms with E-state index in [9.17, 15) is 0 Å². The zero-order chi connectivity index (χ0) is 17.3. The third-order valence-corrected chi connectivity index (χ3v) is 10.4. The molecule has 137 valence electrons. The Morgan fingerprint density at radius 1 is 0.917 bits per heavy atom. The van der Waals surface area contributed by atoms with Crippen molar-refractivity contribution in [1.82, 2.24) is 4.57 Å². The van der Waals surface area contributed by atoms with Crippen LogP contribution in [0, 0.1) is 41.4 Å². The molecule has 0 aromatic heterocycles. The van der Waals surface area contributed by atoms with Crippen LogP contribution >= 0.6 is 0 Å². The fourth-order valence-electron chi connectivity index (χ4n) is 7.22.